The molecular weight excluding hydrogens is 425 g/mol. The third-order valence-corrected chi connectivity index (χ3v) is 5.38. The van der Waals surface area contributed by atoms with Crippen molar-refractivity contribution >= 4 is 34.3 Å². The molecule has 0 fully saturated rings. The van der Waals surface area contributed by atoms with Gasteiger partial charge in [-0.1, -0.05) is 24.3 Å². The Kier molecular flexibility index (Phi) is 5.00. The molecule has 2 aromatic carbocycles. The van der Waals surface area contributed by atoms with Crippen LogP contribution in [0.4, 0.5) is 10.5 Å². The molecule has 2 aromatic rings. The zero-order chi connectivity index (χ0) is 18.0. The van der Waals surface area contributed by atoms with E-state index >= 15 is 0 Å². The first-order chi connectivity index (χ1) is 11.9. The van der Waals surface area contributed by atoms with E-state index in [-0.39, 0.29) is 6.03 Å². The summed E-state index contributed by atoms with van der Waals surface area (Å²) in [6.45, 7) is 5.21. The number of nitrogens with one attached hydrogen (secondary N) is 1. The Labute approximate surface area is 162 Å². The van der Waals surface area contributed by atoms with Gasteiger partial charge >= 0.3 is 6.03 Å². The predicted octanol–water partition coefficient (Wildman–Crippen LogP) is 4.68. The van der Waals surface area contributed by atoms with Gasteiger partial charge in [0.15, 0.2) is 0 Å². The highest BCUT2D eigenvalue weighted by Gasteiger charge is 2.29. The van der Waals surface area contributed by atoms with Crippen LogP contribution >= 0.6 is 22.6 Å². The molecule has 1 atom stereocenters. The van der Waals surface area contributed by atoms with E-state index in [1.165, 1.54) is 0 Å². The molecule has 1 unspecified atom stereocenters. The average molecular weight is 445 g/mol. The Hall–Kier alpha value is -2.07. The van der Waals surface area contributed by atoms with Crippen LogP contribution in [-0.4, -0.2) is 17.5 Å². The largest absolute Gasteiger partial charge is 0.322 e. The van der Waals surface area contributed by atoms with Crippen molar-refractivity contribution in [2.24, 2.45) is 0 Å². The number of anilines is 1. The molecule has 0 aromatic heterocycles. The summed E-state index contributed by atoms with van der Waals surface area (Å²) < 4.78 is 1.16. The first-order valence-electron chi connectivity index (χ1n) is 8.30. The number of hydrogen-bond donors (Lipinski definition) is 1. The maximum atomic E-state index is 12.1. The maximum absolute atomic E-state index is 12.1. The van der Waals surface area contributed by atoms with Gasteiger partial charge in [-0.05, 0) is 77.7 Å². The normalized spacial score (nSPS) is 15.8. The van der Waals surface area contributed by atoms with Crippen LogP contribution in [0.1, 0.15) is 30.5 Å². The number of rotatable bonds is 4. The molecule has 1 N–H and O–H groups in total. The van der Waals surface area contributed by atoms with Gasteiger partial charge in [-0.3, -0.25) is 0 Å². The van der Waals surface area contributed by atoms with Crippen LogP contribution in [0, 0.1) is 14.9 Å². The molecule has 1 aliphatic heterocycles. The highest BCUT2D eigenvalue weighted by molar-refractivity contribution is 14.1. The summed E-state index contributed by atoms with van der Waals surface area (Å²) in [6.07, 6.45) is 0.633. The van der Waals surface area contributed by atoms with E-state index in [1.54, 1.807) is 4.90 Å². The summed E-state index contributed by atoms with van der Waals surface area (Å²) in [4.78, 5) is 13.9. The van der Waals surface area contributed by atoms with E-state index in [1.807, 2.05) is 44.2 Å². The second-order valence-corrected chi connectivity index (χ2v) is 7.81. The topological polar surface area (TPSA) is 56.1 Å². The number of hydrogen-bond acceptors (Lipinski definition) is 2. The van der Waals surface area contributed by atoms with Crippen molar-refractivity contribution in [2.75, 3.05) is 11.9 Å². The summed E-state index contributed by atoms with van der Waals surface area (Å²) in [7, 11) is 0. The van der Waals surface area contributed by atoms with E-state index in [4.69, 9.17) is 0 Å². The summed E-state index contributed by atoms with van der Waals surface area (Å²) >= 11 is 2.28. The number of nitriles is 1. The van der Waals surface area contributed by atoms with Crippen molar-refractivity contribution in [1.82, 2.24) is 4.90 Å². The minimum absolute atomic E-state index is 0.0802. The number of fused-ring (bicyclic) bond motifs is 1. The molecular formula is C20H20IN3O. The molecule has 0 bridgehead atoms. The molecule has 0 aliphatic carbocycles. The van der Waals surface area contributed by atoms with Gasteiger partial charge in [-0.25, -0.2) is 4.79 Å². The highest BCUT2D eigenvalue weighted by atomic mass is 127. The van der Waals surface area contributed by atoms with Gasteiger partial charge in [-0.15, -0.1) is 0 Å². The van der Waals surface area contributed by atoms with Gasteiger partial charge in [0.1, 0.15) is 0 Å². The van der Waals surface area contributed by atoms with Gasteiger partial charge in [0, 0.05) is 22.3 Å². The number of carbonyl (C=O) groups excluding carboxylic acids is 1. The highest BCUT2D eigenvalue weighted by Crippen LogP contribution is 2.33. The quantitative estimate of drug-likeness (QED) is 0.695. The Morgan fingerprint density at radius 3 is 2.80 bits per heavy atom. The number of halogens is 1. The average Bonchev–Trinajstić information content (AvgIpc) is 2.60. The van der Waals surface area contributed by atoms with Crippen LogP contribution < -0.4 is 5.32 Å². The lowest BCUT2D eigenvalue weighted by Crippen LogP contribution is -2.38. The Bertz CT molecular complexity index is 858. The van der Waals surface area contributed by atoms with Crippen molar-refractivity contribution in [3.05, 3.63) is 62.7 Å². The molecule has 0 spiro atoms. The number of amides is 2. The van der Waals surface area contributed by atoms with E-state index in [0.717, 1.165) is 25.9 Å². The van der Waals surface area contributed by atoms with E-state index in [2.05, 4.69) is 46.1 Å². The molecule has 5 heteroatoms. The Morgan fingerprint density at radius 2 is 2.12 bits per heavy atom. The van der Waals surface area contributed by atoms with Crippen molar-refractivity contribution in [1.29, 1.82) is 5.26 Å². The van der Waals surface area contributed by atoms with Crippen molar-refractivity contribution in [3.8, 4) is 6.07 Å². The van der Waals surface area contributed by atoms with Crippen LogP contribution in [0.2, 0.25) is 0 Å². The number of urea groups is 1. The smallest absolute Gasteiger partial charge is 0.320 e. The third kappa shape index (κ3) is 3.64. The van der Waals surface area contributed by atoms with E-state index < -0.39 is 5.41 Å². The molecule has 0 saturated heterocycles. The van der Waals surface area contributed by atoms with Crippen LogP contribution in [0.15, 0.2) is 42.5 Å². The molecule has 2 amide bonds. The molecule has 0 radical (unpaired) electrons. The van der Waals surface area contributed by atoms with Crippen LogP contribution in [0.25, 0.3) is 0 Å². The van der Waals surface area contributed by atoms with E-state index in [9.17, 15) is 10.1 Å². The number of nitrogens with zero attached hydrogens (tertiary/aromatic N) is 2. The minimum Gasteiger partial charge on any atom is -0.320 e. The minimum atomic E-state index is -0.647. The number of carbonyl (C=O) groups is 1. The first kappa shape index (κ1) is 17.7. The molecule has 25 heavy (non-hydrogen) atoms. The van der Waals surface area contributed by atoms with E-state index in [0.29, 0.717) is 19.5 Å². The Balaban J connectivity index is 1.93. The second kappa shape index (κ2) is 7.04. The molecule has 128 valence electrons. The van der Waals surface area contributed by atoms with Gasteiger partial charge < -0.3 is 10.2 Å². The molecule has 1 aliphatic rings. The Morgan fingerprint density at radius 1 is 1.32 bits per heavy atom. The first-order valence-corrected chi connectivity index (χ1v) is 9.38. The fourth-order valence-electron chi connectivity index (χ4n) is 3.16. The molecule has 1 heterocycles. The van der Waals surface area contributed by atoms with Crippen molar-refractivity contribution in [3.63, 3.8) is 0 Å². The monoisotopic (exact) mass is 445 g/mol. The third-order valence-electron chi connectivity index (χ3n) is 4.71. The van der Waals surface area contributed by atoms with Gasteiger partial charge in [0.25, 0.3) is 0 Å². The number of benzene rings is 2. The summed E-state index contributed by atoms with van der Waals surface area (Å²) in [5, 5.41) is 12.8. The maximum Gasteiger partial charge on any atom is 0.322 e. The molecule has 0 saturated carbocycles. The lowest BCUT2D eigenvalue weighted by molar-refractivity contribution is 0.210. The van der Waals surface area contributed by atoms with Gasteiger partial charge in [0.05, 0.1) is 11.5 Å². The fourth-order valence-corrected chi connectivity index (χ4v) is 3.77. The summed E-state index contributed by atoms with van der Waals surface area (Å²) in [5.41, 5.74) is 3.32. The van der Waals surface area contributed by atoms with Crippen molar-refractivity contribution < 1.29 is 4.79 Å². The fraction of sp³-hybridized carbons (Fsp3) is 0.300. The zero-order valence-electron chi connectivity index (χ0n) is 14.3. The van der Waals surface area contributed by atoms with Crippen LogP contribution in [0.3, 0.4) is 0 Å². The standard InChI is InChI=1S/C20H20IN3O/c1-3-24-12-15-7-8-16(10-18(15)23-19(24)25)20(2,13-22)11-14-5-4-6-17(21)9-14/h4-10H,3,11-12H2,1-2H3,(H,23,25). The lowest BCUT2D eigenvalue weighted by atomic mass is 9.78. The molecule has 4 nitrogen and oxygen atoms in total. The molecule has 3 rings (SSSR count). The summed E-state index contributed by atoms with van der Waals surface area (Å²) in [6, 6.07) is 16.6. The van der Waals surface area contributed by atoms with Gasteiger partial charge in [-0.2, -0.15) is 5.26 Å². The second-order valence-electron chi connectivity index (χ2n) is 6.57. The van der Waals surface area contributed by atoms with Crippen molar-refractivity contribution in [2.45, 2.75) is 32.2 Å². The SMILES string of the molecule is CCN1Cc2ccc(C(C)(C#N)Cc3cccc(I)c3)cc2NC1=O. The lowest BCUT2D eigenvalue weighted by Gasteiger charge is -2.30. The van der Waals surface area contributed by atoms with Gasteiger partial charge in [0.2, 0.25) is 0 Å². The predicted molar refractivity (Wildman–Crippen MR) is 107 cm³/mol. The summed E-state index contributed by atoms with van der Waals surface area (Å²) in [5.74, 6) is 0. The van der Waals surface area contributed by atoms with Crippen LogP contribution in [0.5, 0.6) is 0 Å². The zero-order valence-corrected chi connectivity index (χ0v) is 16.5. The van der Waals surface area contributed by atoms with Crippen LogP contribution in [-0.2, 0) is 18.4 Å².